The summed E-state index contributed by atoms with van der Waals surface area (Å²) in [5.41, 5.74) is 6.49. The third kappa shape index (κ3) is 1.71. The first-order valence-electron chi connectivity index (χ1n) is 6.73. The molecule has 0 saturated carbocycles. The molecule has 4 heterocycles. The van der Waals surface area contributed by atoms with Crippen molar-refractivity contribution in [3.8, 4) is 0 Å². The van der Waals surface area contributed by atoms with Gasteiger partial charge in [-0.15, -0.1) is 11.3 Å². The maximum Gasteiger partial charge on any atom is 0.165 e. The molecule has 1 saturated heterocycles. The van der Waals surface area contributed by atoms with E-state index in [0.29, 0.717) is 16.9 Å². The Bertz CT molecular complexity index is 847. The van der Waals surface area contributed by atoms with Gasteiger partial charge in [-0.05, 0) is 11.4 Å². The predicted molar refractivity (Wildman–Crippen MR) is 80.3 cm³/mol. The quantitative estimate of drug-likeness (QED) is 0.516. The molecule has 4 atom stereocenters. The van der Waals surface area contributed by atoms with Crippen molar-refractivity contribution in [1.82, 2.24) is 14.5 Å². The third-order valence-electron chi connectivity index (χ3n) is 3.99. The Morgan fingerprint density at radius 3 is 2.86 bits per heavy atom. The van der Waals surface area contributed by atoms with Gasteiger partial charge in [-0.1, -0.05) is 0 Å². The highest BCUT2D eigenvalue weighted by atomic mass is 32.1. The van der Waals surface area contributed by atoms with Crippen LogP contribution in [0.5, 0.6) is 0 Å². The largest absolute Gasteiger partial charge is 0.394 e. The summed E-state index contributed by atoms with van der Waals surface area (Å²) in [6, 6.07) is 1.90. The fourth-order valence-corrected chi connectivity index (χ4v) is 3.87. The van der Waals surface area contributed by atoms with Crippen molar-refractivity contribution in [3.05, 3.63) is 17.8 Å². The second-order valence-corrected chi connectivity index (χ2v) is 6.09. The highest BCUT2D eigenvalue weighted by Crippen LogP contribution is 2.40. The van der Waals surface area contributed by atoms with Crippen molar-refractivity contribution in [3.63, 3.8) is 0 Å². The van der Waals surface area contributed by atoms with Crippen molar-refractivity contribution < 1.29 is 20.1 Å². The standard InChI is InChI=1S/C13H14N4O4S/c14-10-7-5-1-2-22-13(5)17(11(7)16-4-15-10)12-9(20)8(19)6(3-18)21-12/h1-2,4,6,8-9,12,18-20H,3H2,(H2,14,15,16)/t6-,8-,9-,12-/m1/s1. The Labute approximate surface area is 128 Å². The van der Waals surface area contributed by atoms with E-state index in [-0.39, 0.29) is 6.61 Å². The van der Waals surface area contributed by atoms with E-state index in [4.69, 9.17) is 10.5 Å². The normalized spacial score (nSPS) is 28.9. The van der Waals surface area contributed by atoms with Crippen LogP contribution in [0.4, 0.5) is 5.82 Å². The molecule has 3 aromatic heterocycles. The lowest BCUT2D eigenvalue weighted by atomic mass is 10.1. The number of hydrogen-bond acceptors (Lipinski definition) is 8. The van der Waals surface area contributed by atoms with Crippen molar-refractivity contribution >= 4 is 38.4 Å². The van der Waals surface area contributed by atoms with Crippen LogP contribution in [0.2, 0.25) is 0 Å². The molecule has 3 aromatic rings. The van der Waals surface area contributed by atoms with E-state index in [1.54, 1.807) is 4.57 Å². The van der Waals surface area contributed by atoms with Crippen LogP contribution < -0.4 is 5.73 Å². The Balaban J connectivity index is 1.98. The van der Waals surface area contributed by atoms with Crippen molar-refractivity contribution in [2.24, 2.45) is 0 Å². The first-order valence-corrected chi connectivity index (χ1v) is 7.61. The van der Waals surface area contributed by atoms with Gasteiger partial charge in [0.25, 0.3) is 0 Å². The van der Waals surface area contributed by atoms with Gasteiger partial charge in [0, 0.05) is 5.39 Å². The summed E-state index contributed by atoms with van der Waals surface area (Å²) in [7, 11) is 0. The highest BCUT2D eigenvalue weighted by Gasteiger charge is 2.44. The summed E-state index contributed by atoms with van der Waals surface area (Å²) < 4.78 is 7.33. The van der Waals surface area contributed by atoms with Crippen LogP contribution in [0.25, 0.3) is 21.3 Å². The van der Waals surface area contributed by atoms with Gasteiger partial charge in [-0.25, -0.2) is 9.97 Å². The monoisotopic (exact) mass is 322 g/mol. The van der Waals surface area contributed by atoms with Gasteiger partial charge in [-0.2, -0.15) is 0 Å². The number of nitrogen functional groups attached to an aromatic ring is 1. The minimum absolute atomic E-state index is 0.346. The Morgan fingerprint density at radius 1 is 1.32 bits per heavy atom. The number of ether oxygens (including phenoxy) is 1. The average molecular weight is 322 g/mol. The van der Waals surface area contributed by atoms with Crippen LogP contribution in [-0.4, -0.2) is 54.8 Å². The molecule has 116 valence electrons. The molecular weight excluding hydrogens is 308 g/mol. The predicted octanol–water partition coefficient (Wildman–Crippen LogP) is -0.160. The van der Waals surface area contributed by atoms with E-state index in [0.717, 1.165) is 10.2 Å². The van der Waals surface area contributed by atoms with Gasteiger partial charge in [0.05, 0.1) is 12.0 Å². The zero-order valence-corrected chi connectivity index (χ0v) is 12.1. The van der Waals surface area contributed by atoms with Gasteiger partial charge in [0.15, 0.2) is 6.23 Å². The lowest BCUT2D eigenvalue weighted by molar-refractivity contribution is -0.0487. The molecule has 0 amide bonds. The summed E-state index contributed by atoms with van der Waals surface area (Å²) >= 11 is 1.45. The van der Waals surface area contributed by atoms with Gasteiger partial charge in [-0.3, -0.25) is 4.57 Å². The fourth-order valence-electron chi connectivity index (χ4n) is 2.93. The third-order valence-corrected chi connectivity index (χ3v) is 4.90. The Hall–Kier alpha value is -1.78. The molecule has 1 aliphatic heterocycles. The zero-order chi connectivity index (χ0) is 15.4. The maximum atomic E-state index is 10.3. The number of nitrogens with two attached hydrogens (primary N) is 1. The second kappa shape index (κ2) is 4.86. The molecule has 0 radical (unpaired) electrons. The topological polar surface area (TPSA) is 127 Å². The van der Waals surface area contributed by atoms with Crippen LogP contribution >= 0.6 is 11.3 Å². The average Bonchev–Trinajstić information content (AvgIpc) is 3.15. The van der Waals surface area contributed by atoms with Gasteiger partial charge < -0.3 is 25.8 Å². The van der Waals surface area contributed by atoms with Gasteiger partial charge in [0.2, 0.25) is 0 Å². The maximum absolute atomic E-state index is 10.3. The lowest BCUT2D eigenvalue weighted by Crippen LogP contribution is -2.33. The molecule has 22 heavy (non-hydrogen) atoms. The molecule has 9 heteroatoms. The summed E-state index contributed by atoms with van der Waals surface area (Å²) in [5, 5.41) is 33.0. The second-order valence-electron chi connectivity index (χ2n) is 5.20. The summed E-state index contributed by atoms with van der Waals surface area (Å²) in [4.78, 5) is 9.07. The Morgan fingerprint density at radius 2 is 2.14 bits per heavy atom. The molecule has 4 rings (SSSR count). The number of aliphatic hydroxyl groups is 3. The molecule has 1 fully saturated rings. The van der Waals surface area contributed by atoms with Crippen LogP contribution in [0.3, 0.4) is 0 Å². The van der Waals surface area contributed by atoms with Crippen molar-refractivity contribution in [2.45, 2.75) is 24.5 Å². The number of aromatic nitrogens is 3. The van der Waals surface area contributed by atoms with E-state index >= 15 is 0 Å². The molecular formula is C13H14N4O4S. The SMILES string of the molecule is Nc1ncnc2c1c1ccsc1n2[C@@H]1O[C@H](CO)[C@@H](O)[C@H]1O. The number of rotatable bonds is 2. The molecule has 8 nitrogen and oxygen atoms in total. The molecule has 0 bridgehead atoms. The smallest absolute Gasteiger partial charge is 0.165 e. The van der Waals surface area contributed by atoms with E-state index in [2.05, 4.69) is 9.97 Å². The number of fused-ring (bicyclic) bond motifs is 3. The summed E-state index contributed by atoms with van der Waals surface area (Å²) in [6.45, 7) is -0.376. The molecule has 0 aromatic carbocycles. The summed E-state index contributed by atoms with van der Waals surface area (Å²) in [5.74, 6) is 0.346. The van der Waals surface area contributed by atoms with E-state index in [9.17, 15) is 15.3 Å². The lowest BCUT2D eigenvalue weighted by Gasteiger charge is -2.17. The van der Waals surface area contributed by atoms with E-state index in [1.807, 2.05) is 11.4 Å². The van der Waals surface area contributed by atoms with Crippen LogP contribution in [0.15, 0.2) is 17.8 Å². The van der Waals surface area contributed by atoms with Gasteiger partial charge >= 0.3 is 0 Å². The molecule has 0 aliphatic carbocycles. The molecule has 5 N–H and O–H groups in total. The number of hydrogen-bond donors (Lipinski definition) is 4. The number of anilines is 1. The minimum Gasteiger partial charge on any atom is -0.394 e. The first-order chi connectivity index (χ1) is 10.6. The van der Waals surface area contributed by atoms with Gasteiger partial charge in [0.1, 0.15) is 40.9 Å². The molecule has 1 aliphatic rings. The Kier molecular flexibility index (Phi) is 3.06. The minimum atomic E-state index is -1.17. The zero-order valence-electron chi connectivity index (χ0n) is 11.3. The van der Waals surface area contributed by atoms with Crippen LogP contribution in [0, 0.1) is 0 Å². The number of nitrogens with zero attached hydrogens (tertiary/aromatic N) is 3. The van der Waals surface area contributed by atoms with Crippen molar-refractivity contribution in [1.29, 1.82) is 0 Å². The number of thiophene rings is 1. The highest BCUT2D eigenvalue weighted by molar-refractivity contribution is 7.17. The van der Waals surface area contributed by atoms with Crippen LogP contribution in [0.1, 0.15) is 6.23 Å². The van der Waals surface area contributed by atoms with E-state index < -0.39 is 24.5 Å². The number of aliphatic hydroxyl groups excluding tert-OH is 3. The van der Waals surface area contributed by atoms with Crippen LogP contribution in [-0.2, 0) is 4.74 Å². The van der Waals surface area contributed by atoms with E-state index in [1.165, 1.54) is 17.7 Å². The summed E-state index contributed by atoms with van der Waals surface area (Å²) in [6.07, 6.45) is -2.68. The first kappa shape index (κ1) is 13.9. The molecule has 0 spiro atoms. The fraction of sp³-hybridized carbons (Fsp3) is 0.385. The molecule has 0 unspecified atom stereocenters. The van der Waals surface area contributed by atoms with Crippen molar-refractivity contribution in [2.75, 3.05) is 12.3 Å².